The number of carbonyl (C=O) groups is 1. The normalized spacial score (nSPS) is 12.3. The van der Waals surface area contributed by atoms with Gasteiger partial charge in [0.05, 0.1) is 30.8 Å². The van der Waals surface area contributed by atoms with Crippen molar-refractivity contribution in [1.29, 1.82) is 0 Å². The molecular formula is C12H14N2O2S2. The van der Waals surface area contributed by atoms with Crippen LogP contribution in [0.1, 0.15) is 23.0 Å². The molecule has 1 atom stereocenters. The molecule has 0 aliphatic heterocycles. The monoisotopic (exact) mass is 282 g/mol. The molecule has 0 saturated heterocycles. The number of aromatic nitrogens is 1. The van der Waals surface area contributed by atoms with E-state index in [0.717, 1.165) is 10.6 Å². The van der Waals surface area contributed by atoms with E-state index in [4.69, 9.17) is 4.74 Å². The number of nitrogens with one attached hydrogen (secondary N) is 1. The van der Waals surface area contributed by atoms with Crippen LogP contribution in [0.2, 0.25) is 0 Å². The van der Waals surface area contributed by atoms with Gasteiger partial charge >= 0.3 is 5.97 Å². The minimum absolute atomic E-state index is 0.0147. The molecule has 2 rings (SSSR count). The van der Waals surface area contributed by atoms with Crippen molar-refractivity contribution in [2.24, 2.45) is 0 Å². The van der Waals surface area contributed by atoms with E-state index in [1.54, 1.807) is 28.2 Å². The quantitative estimate of drug-likeness (QED) is 0.827. The Bertz CT molecular complexity index is 468. The summed E-state index contributed by atoms with van der Waals surface area (Å²) in [6, 6.07) is 3.99. The predicted octanol–water partition coefficient (Wildman–Crippen LogP) is 2.60. The van der Waals surface area contributed by atoms with Gasteiger partial charge in [0.2, 0.25) is 0 Å². The number of hydrogen-bond acceptors (Lipinski definition) is 6. The number of esters is 1. The summed E-state index contributed by atoms with van der Waals surface area (Å²) in [5.74, 6) is -0.209. The first kappa shape index (κ1) is 13.2. The fourth-order valence-corrected chi connectivity index (χ4v) is 2.93. The fraction of sp³-hybridized carbons (Fsp3) is 0.333. The van der Waals surface area contributed by atoms with E-state index >= 15 is 0 Å². The molecule has 0 aliphatic rings. The predicted molar refractivity (Wildman–Crippen MR) is 72.6 cm³/mol. The molecule has 0 spiro atoms. The van der Waals surface area contributed by atoms with Gasteiger partial charge in [-0.05, 0) is 11.4 Å². The average molecular weight is 282 g/mol. The topological polar surface area (TPSA) is 51.2 Å². The highest BCUT2D eigenvalue weighted by molar-refractivity contribution is 7.10. The molecule has 1 unspecified atom stereocenters. The standard InChI is InChI=1S/C12H14N2O2S2/c1-16-12(15)5-10(11-3-2-4-18-11)13-6-9-7-17-8-14-9/h2-4,7-8,10,13H,5-6H2,1H3. The van der Waals surface area contributed by atoms with Crippen LogP contribution in [0.3, 0.4) is 0 Å². The number of ether oxygens (including phenoxy) is 1. The van der Waals surface area contributed by atoms with Crippen LogP contribution in [0.25, 0.3) is 0 Å². The highest BCUT2D eigenvalue weighted by Crippen LogP contribution is 2.22. The van der Waals surface area contributed by atoms with Crippen LogP contribution in [0, 0.1) is 0 Å². The molecule has 0 saturated carbocycles. The third-order valence-electron chi connectivity index (χ3n) is 2.50. The van der Waals surface area contributed by atoms with Gasteiger partial charge in [-0.1, -0.05) is 6.07 Å². The molecule has 1 N–H and O–H groups in total. The molecule has 2 aromatic rings. The Kier molecular flexibility index (Phi) is 4.86. The molecule has 6 heteroatoms. The molecule has 0 aliphatic carbocycles. The van der Waals surface area contributed by atoms with Crippen molar-refractivity contribution < 1.29 is 9.53 Å². The zero-order valence-corrected chi connectivity index (χ0v) is 11.6. The molecule has 96 valence electrons. The zero-order chi connectivity index (χ0) is 12.8. The lowest BCUT2D eigenvalue weighted by molar-refractivity contribution is -0.141. The number of hydrogen-bond donors (Lipinski definition) is 1. The lowest BCUT2D eigenvalue weighted by atomic mass is 10.1. The summed E-state index contributed by atoms with van der Waals surface area (Å²) < 4.78 is 4.73. The van der Waals surface area contributed by atoms with Crippen molar-refractivity contribution in [2.45, 2.75) is 19.0 Å². The van der Waals surface area contributed by atoms with Crippen LogP contribution < -0.4 is 5.32 Å². The Morgan fingerprint density at radius 1 is 1.61 bits per heavy atom. The van der Waals surface area contributed by atoms with Gasteiger partial charge in [0, 0.05) is 16.8 Å². The second-order valence-corrected chi connectivity index (χ2v) is 5.41. The number of thiophene rings is 1. The Hall–Kier alpha value is -1.24. The number of carbonyl (C=O) groups excluding carboxylic acids is 1. The third kappa shape index (κ3) is 3.63. The Morgan fingerprint density at radius 2 is 2.50 bits per heavy atom. The lowest BCUT2D eigenvalue weighted by Gasteiger charge is -2.15. The Labute approximate surface area is 114 Å². The first-order valence-electron chi connectivity index (χ1n) is 5.50. The smallest absolute Gasteiger partial charge is 0.307 e. The van der Waals surface area contributed by atoms with Gasteiger partial charge in [0.25, 0.3) is 0 Å². The minimum Gasteiger partial charge on any atom is -0.469 e. The SMILES string of the molecule is COC(=O)CC(NCc1cscn1)c1cccs1. The van der Waals surface area contributed by atoms with Crippen LogP contribution in [-0.2, 0) is 16.1 Å². The summed E-state index contributed by atoms with van der Waals surface area (Å²) in [5.41, 5.74) is 2.80. The van der Waals surface area contributed by atoms with Crippen LogP contribution >= 0.6 is 22.7 Å². The summed E-state index contributed by atoms with van der Waals surface area (Å²) in [7, 11) is 1.41. The summed E-state index contributed by atoms with van der Waals surface area (Å²) in [6.07, 6.45) is 0.334. The van der Waals surface area contributed by atoms with E-state index in [9.17, 15) is 4.79 Å². The van der Waals surface area contributed by atoms with E-state index in [2.05, 4.69) is 10.3 Å². The molecule has 0 radical (unpaired) electrons. The largest absolute Gasteiger partial charge is 0.469 e. The third-order valence-corrected chi connectivity index (χ3v) is 4.12. The van der Waals surface area contributed by atoms with Crippen molar-refractivity contribution in [3.05, 3.63) is 39.0 Å². The van der Waals surface area contributed by atoms with Gasteiger partial charge in [0.1, 0.15) is 0 Å². The van der Waals surface area contributed by atoms with Crippen molar-refractivity contribution in [2.75, 3.05) is 7.11 Å². The van der Waals surface area contributed by atoms with Crippen molar-refractivity contribution in [3.8, 4) is 0 Å². The van der Waals surface area contributed by atoms with Crippen LogP contribution in [-0.4, -0.2) is 18.1 Å². The Morgan fingerprint density at radius 3 is 3.11 bits per heavy atom. The van der Waals surface area contributed by atoms with E-state index in [0.29, 0.717) is 13.0 Å². The molecule has 2 aromatic heterocycles. The van der Waals surface area contributed by atoms with Crippen LogP contribution in [0.4, 0.5) is 0 Å². The molecule has 18 heavy (non-hydrogen) atoms. The highest BCUT2D eigenvalue weighted by atomic mass is 32.1. The van der Waals surface area contributed by atoms with E-state index in [-0.39, 0.29) is 12.0 Å². The maximum absolute atomic E-state index is 11.4. The molecule has 0 fully saturated rings. The van der Waals surface area contributed by atoms with Gasteiger partial charge in [-0.15, -0.1) is 22.7 Å². The second kappa shape index (κ2) is 6.63. The van der Waals surface area contributed by atoms with E-state index < -0.39 is 0 Å². The first-order valence-corrected chi connectivity index (χ1v) is 7.32. The van der Waals surface area contributed by atoms with Gasteiger partial charge < -0.3 is 10.1 Å². The van der Waals surface area contributed by atoms with Crippen molar-refractivity contribution >= 4 is 28.6 Å². The number of rotatable bonds is 6. The van der Waals surface area contributed by atoms with Crippen LogP contribution in [0.15, 0.2) is 28.4 Å². The molecular weight excluding hydrogens is 268 g/mol. The summed E-state index contributed by atoms with van der Waals surface area (Å²) in [4.78, 5) is 16.8. The van der Waals surface area contributed by atoms with Crippen LogP contribution in [0.5, 0.6) is 0 Å². The van der Waals surface area contributed by atoms with E-state index in [1.165, 1.54) is 7.11 Å². The summed E-state index contributed by atoms with van der Waals surface area (Å²) >= 11 is 3.20. The van der Waals surface area contributed by atoms with Gasteiger partial charge in [-0.3, -0.25) is 4.79 Å². The molecule has 0 aromatic carbocycles. The maximum atomic E-state index is 11.4. The molecule has 2 heterocycles. The average Bonchev–Trinajstić information content (AvgIpc) is 3.06. The minimum atomic E-state index is -0.209. The van der Waals surface area contributed by atoms with Gasteiger partial charge in [-0.2, -0.15) is 0 Å². The second-order valence-electron chi connectivity index (χ2n) is 3.71. The Balaban J connectivity index is 1.98. The maximum Gasteiger partial charge on any atom is 0.307 e. The van der Waals surface area contributed by atoms with Gasteiger partial charge in [-0.25, -0.2) is 4.98 Å². The zero-order valence-electron chi connectivity index (χ0n) is 9.96. The fourth-order valence-electron chi connectivity index (χ4n) is 1.57. The van der Waals surface area contributed by atoms with Crippen molar-refractivity contribution in [1.82, 2.24) is 10.3 Å². The lowest BCUT2D eigenvalue weighted by Crippen LogP contribution is -2.23. The number of thiazole rings is 1. The molecule has 4 nitrogen and oxygen atoms in total. The first-order chi connectivity index (χ1) is 8.79. The molecule has 0 amide bonds. The number of methoxy groups -OCH3 is 1. The summed E-state index contributed by atoms with van der Waals surface area (Å²) in [5, 5.41) is 7.34. The summed E-state index contributed by atoms with van der Waals surface area (Å²) in [6.45, 7) is 0.656. The van der Waals surface area contributed by atoms with E-state index in [1.807, 2.05) is 22.9 Å². The highest BCUT2D eigenvalue weighted by Gasteiger charge is 2.17. The van der Waals surface area contributed by atoms with Gasteiger partial charge in [0.15, 0.2) is 0 Å². The number of nitrogens with zero attached hydrogens (tertiary/aromatic N) is 1. The molecule has 0 bridgehead atoms. The van der Waals surface area contributed by atoms with Crippen molar-refractivity contribution in [3.63, 3.8) is 0 Å².